The van der Waals surface area contributed by atoms with Gasteiger partial charge in [-0.3, -0.25) is 4.79 Å². The molecule has 0 aliphatic carbocycles. The van der Waals surface area contributed by atoms with E-state index in [0.717, 1.165) is 30.8 Å². The maximum Gasteiger partial charge on any atom is 0.573 e. The van der Waals surface area contributed by atoms with Crippen molar-refractivity contribution < 1.29 is 31.5 Å². The van der Waals surface area contributed by atoms with Gasteiger partial charge in [0, 0.05) is 13.0 Å². The molecule has 2 aliphatic rings. The zero-order valence-corrected chi connectivity index (χ0v) is 13.9. The zero-order chi connectivity index (χ0) is 18.9. The van der Waals surface area contributed by atoms with Crippen molar-refractivity contribution >= 4 is 5.91 Å². The summed E-state index contributed by atoms with van der Waals surface area (Å²) in [5, 5.41) is 3.17. The summed E-state index contributed by atoms with van der Waals surface area (Å²) in [7, 11) is 0. The van der Waals surface area contributed by atoms with Crippen LogP contribution in [-0.4, -0.2) is 49.3 Å². The summed E-state index contributed by atoms with van der Waals surface area (Å²) in [6.07, 6.45) is -3.95. The van der Waals surface area contributed by atoms with E-state index < -0.39 is 36.9 Å². The molecule has 0 unspecified atom stereocenters. The van der Waals surface area contributed by atoms with Crippen molar-refractivity contribution in [3.8, 4) is 5.75 Å². The van der Waals surface area contributed by atoms with Crippen LogP contribution in [0.1, 0.15) is 41.1 Å². The topological polar surface area (TPSA) is 41.6 Å². The van der Waals surface area contributed by atoms with E-state index >= 15 is 0 Å². The van der Waals surface area contributed by atoms with E-state index in [1.54, 1.807) is 6.07 Å². The SMILES string of the molecule is O=C(c1ccc(C2CCNCC2)cc1OC(F)(F)F)N1CCC(F)(F)C1. The maximum atomic E-state index is 13.3. The molecule has 1 aromatic carbocycles. The van der Waals surface area contributed by atoms with Crippen LogP contribution in [0.25, 0.3) is 0 Å². The fraction of sp³-hybridized carbons (Fsp3) is 0.588. The zero-order valence-electron chi connectivity index (χ0n) is 13.9. The highest BCUT2D eigenvalue weighted by Gasteiger charge is 2.42. The van der Waals surface area contributed by atoms with Gasteiger partial charge in [-0.2, -0.15) is 0 Å². The molecule has 1 N–H and O–H groups in total. The van der Waals surface area contributed by atoms with Crippen molar-refractivity contribution in [3.05, 3.63) is 29.3 Å². The van der Waals surface area contributed by atoms with Crippen LogP contribution in [0, 0.1) is 0 Å². The lowest BCUT2D eigenvalue weighted by Gasteiger charge is -2.25. The quantitative estimate of drug-likeness (QED) is 0.819. The summed E-state index contributed by atoms with van der Waals surface area (Å²) in [6, 6.07) is 4.04. The Morgan fingerprint density at radius 2 is 1.92 bits per heavy atom. The summed E-state index contributed by atoms with van der Waals surface area (Å²) in [6.45, 7) is 0.508. The lowest BCUT2D eigenvalue weighted by atomic mass is 9.89. The molecule has 0 saturated carbocycles. The van der Waals surface area contributed by atoms with Crippen molar-refractivity contribution in [2.75, 3.05) is 26.2 Å². The summed E-state index contributed by atoms with van der Waals surface area (Å²) in [4.78, 5) is 13.3. The number of hydrogen-bond acceptors (Lipinski definition) is 3. The van der Waals surface area contributed by atoms with Crippen molar-refractivity contribution in [2.45, 2.75) is 37.5 Å². The Morgan fingerprint density at radius 1 is 1.23 bits per heavy atom. The normalized spacial score (nSPS) is 21.0. The summed E-state index contributed by atoms with van der Waals surface area (Å²) >= 11 is 0. The van der Waals surface area contributed by atoms with Crippen LogP contribution in [0.15, 0.2) is 18.2 Å². The molecular weight excluding hydrogens is 359 g/mol. The van der Waals surface area contributed by atoms with Crippen LogP contribution in [0.2, 0.25) is 0 Å². The monoisotopic (exact) mass is 378 g/mol. The highest BCUT2D eigenvalue weighted by atomic mass is 19.4. The van der Waals surface area contributed by atoms with E-state index in [9.17, 15) is 26.7 Å². The van der Waals surface area contributed by atoms with Crippen molar-refractivity contribution in [1.29, 1.82) is 0 Å². The van der Waals surface area contributed by atoms with Gasteiger partial charge in [0.25, 0.3) is 11.8 Å². The van der Waals surface area contributed by atoms with Crippen LogP contribution in [0.4, 0.5) is 22.0 Å². The van der Waals surface area contributed by atoms with Crippen LogP contribution >= 0.6 is 0 Å². The number of halogens is 5. The number of ether oxygens (including phenoxy) is 1. The third kappa shape index (κ3) is 4.44. The molecule has 144 valence electrons. The van der Waals surface area contributed by atoms with Gasteiger partial charge >= 0.3 is 6.36 Å². The van der Waals surface area contributed by atoms with Crippen LogP contribution < -0.4 is 10.1 Å². The van der Waals surface area contributed by atoms with E-state index in [1.165, 1.54) is 12.1 Å². The van der Waals surface area contributed by atoms with Crippen LogP contribution in [-0.2, 0) is 0 Å². The van der Waals surface area contributed by atoms with E-state index in [4.69, 9.17) is 0 Å². The Hall–Kier alpha value is -1.90. The van der Waals surface area contributed by atoms with Crippen molar-refractivity contribution in [1.82, 2.24) is 10.2 Å². The Labute approximate surface area is 147 Å². The molecule has 0 atom stereocenters. The van der Waals surface area contributed by atoms with Gasteiger partial charge < -0.3 is 15.0 Å². The summed E-state index contributed by atoms with van der Waals surface area (Å²) in [5.74, 6) is -4.46. The minimum absolute atomic E-state index is 0.0621. The molecule has 2 heterocycles. The average Bonchev–Trinajstić information content (AvgIpc) is 2.93. The molecule has 0 aromatic heterocycles. The fourth-order valence-corrected chi connectivity index (χ4v) is 3.41. The molecule has 0 spiro atoms. The van der Waals surface area contributed by atoms with E-state index in [2.05, 4.69) is 10.1 Å². The molecule has 2 fully saturated rings. The molecule has 0 bridgehead atoms. The molecule has 26 heavy (non-hydrogen) atoms. The highest BCUT2D eigenvalue weighted by molar-refractivity contribution is 5.97. The van der Waals surface area contributed by atoms with Gasteiger partial charge in [0.15, 0.2) is 0 Å². The first kappa shape index (κ1) is 18.9. The van der Waals surface area contributed by atoms with E-state index in [1.807, 2.05) is 0 Å². The molecule has 2 aliphatic heterocycles. The number of alkyl halides is 5. The predicted octanol–water partition coefficient (Wildman–Crippen LogP) is 3.53. The third-order valence-electron chi connectivity index (χ3n) is 4.73. The van der Waals surface area contributed by atoms with E-state index in [-0.39, 0.29) is 18.0 Å². The van der Waals surface area contributed by atoms with Crippen LogP contribution in [0.5, 0.6) is 5.75 Å². The first-order valence-corrected chi connectivity index (χ1v) is 8.42. The largest absolute Gasteiger partial charge is 0.573 e. The Bertz CT molecular complexity index is 672. The smallest absolute Gasteiger partial charge is 0.405 e. The molecular formula is C17H19F5N2O2. The van der Waals surface area contributed by atoms with Gasteiger partial charge in [0.1, 0.15) is 5.75 Å². The second kappa shape index (κ2) is 7.02. The first-order valence-electron chi connectivity index (χ1n) is 8.42. The van der Waals surface area contributed by atoms with Crippen molar-refractivity contribution in [3.63, 3.8) is 0 Å². The number of amides is 1. The predicted molar refractivity (Wildman–Crippen MR) is 83.4 cm³/mol. The minimum Gasteiger partial charge on any atom is -0.405 e. The number of benzene rings is 1. The summed E-state index contributed by atoms with van der Waals surface area (Å²) in [5.41, 5.74) is 0.298. The maximum absolute atomic E-state index is 13.3. The van der Waals surface area contributed by atoms with Gasteiger partial charge in [-0.05, 0) is 49.5 Å². The minimum atomic E-state index is -4.98. The molecule has 4 nitrogen and oxygen atoms in total. The van der Waals surface area contributed by atoms with Gasteiger partial charge in [-0.15, -0.1) is 13.2 Å². The molecule has 2 saturated heterocycles. The standard InChI is InChI=1S/C17H19F5N2O2/c18-16(19)5-8-24(10-16)15(25)13-2-1-12(11-3-6-23-7-4-11)9-14(13)26-17(20,21)22/h1-2,9,11,23H,3-8,10H2. The Kier molecular flexibility index (Phi) is 5.09. The second-order valence-electron chi connectivity index (χ2n) is 6.66. The van der Waals surface area contributed by atoms with E-state index in [0.29, 0.717) is 5.56 Å². The number of carbonyl (C=O) groups is 1. The first-order chi connectivity index (χ1) is 12.1. The number of nitrogens with one attached hydrogen (secondary N) is 1. The average molecular weight is 378 g/mol. The number of rotatable bonds is 3. The number of piperidine rings is 1. The molecule has 3 rings (SSSR count). The van der Waals surface area contributed by atoms with Gasteiger partial charge in [0.2, 0.25) is 0 Å². The van der Waals surface area contributed by atoms with Crippen molar-refractivity contribution in [2.24, 2.45) is 0 Å². The lowest BCUT2D eigenvalue weighted by molar-refractivity contribution is -0.274. The lowest BCUT2D eigenvalue weighted by Crippen LogP contribution is -2.32. The number of carbonyl (C=O) groups excluding carboxylic acids is 1. The Morgan fingerprint density at radius 3 is 2.50 bits per heavy atom. The highest BCUT2D eigenvalue weighted by Crippen LogP contribution is 2.35. The third-order valence-corrected chi connectivity index (χ3v) is 4.73. The number of likely N-dealkylation sites (tertiary alicyclic amines) is 1. The fourth-order valence-electron chi connectivity index (χ4n) is 3.41. The molecule has 0 radical (unpaired) electrons. The molecule has 1 aromatic rings. The number of nitrogens with zero attached hydrogens (tertiary/aromatic N) is 1. The number of hydrogen-bond donors (Lipinski definition) is 1. The second-order valence-corrected chi connectivity index (χ2v) is 6.66. The van der Waals surface area contributed by atoms with Gasteiger partial charge in [0.05, 0.1) is 12.1 Å². The summed E-state index contributed by atoms with van der Waals surface area (Å²) < 4.78 is 69.1. The molecule has 9 heteroatoms. The van der Waals surface area contributed by atoms with Gasteiger partial charge in [-0.25, -0.2) is 8.78 Å². The Balaban J connectivity index is 1.89. The van der Waals surface area contributed by atoms with Crippen LogP contribution in [0.3, 0.4) is 0 Å². The molecule has 1 amide bonds. The van der Waals surface area contributed by atoms with Gasteiger partial charge in [-0.1, -0.05) is 6.07 Å².